The minimum absolute atomic E-state index is 0.323. The van der Waals surface area contributed by atoms with Crippen LogP contribution in [-0.2, 0) is 11.8 Å². The van der Waals surface area contributed by atoms with E-state index in [0.717, 1.165) is 48.3 Å². The van der Waals surface area contributed by atoms with Crippen LogP contribution >= 0.6 is 17.6 Å². The van der Waals surface area contributed by atoms with E-state index >= 15 is 0 Å². The lowest BCUT2D eigenvalue weighted by Crippen LogP contribution is -2.43. The molecule has 1 fully saturated rings. The van der Waals surface area contributed by atoms with Crippen LogP contribution in [-0.4, -0.2) is 68.3 Å². The number of hydrogen-bond acceptors (Lipinski definition) is 8. The van der Waals surface area contributed by atoms with Crippen LogP contribution in [0.3, 0.4) is 0 Å². The third-order valence-electron chi connectivity index (χ3n) is 6.29. The predicted octanol–water partition coefficient (Wildman–Crippen LogP) is 4.89. The summed E-state index contributed by atoms with van der Waals surface area (Å²) in [5.74, 6) is 0.962. The molecule has 0 saturated carbocycles. The van der Waals surface area contributed by atoms with Crippen molar-refractivity contribution in [1.29, 1.82) is 0 Å². The molecular weight excluding hydrogens is 513 g/mol. The Kier molecular flexibility index (Phi) is 8.07. The Hall–Kier alpha value is -2.03. The molecule has 36 heavy (non-hydrogen) atoms. The van der Waals surface area contributed by atoms with Crippen LogP contribution < -0.4 is 15.9 Å². The molecule has 3 heterocycles. The maximum atomic E-state index is 10.1. The van der Waals surface area contributed by atoms with Gasteiger partial charge in [-0.15, -0.1) is 0 Å². The molecule has 8 nitrogen and oxygen atoms in total. The Labute approximate surface area is 223 Å². The van der Waals surface area contributed by atoms with Gasteiger partial charge in [0.2, 0.25) is 5.95 Å². The van der Waals surface area contributed by atoms with Crippen LogP contribution in [0.25, 0.3) is 0 Å². The van der Waals surface area contributed by atoms with Gasteiger partial charge in [-0.2, -0.15) is 10.1 Å². The largest absolute Gasteiger partial charge is 0.389 e. The zero-order valence-electron chi connectivity index (χ0n) is 21.5. The second kappa shape index (κ2) is 10.8. The SMILES string of the molecule is Cc1c(Nc2ncc(Cl)c(Nc3ccccc3P(C)(C)=S)n2)cnn1C1CCN(CC(C)(C)O)CC1. The maximum absolute atomic E-state index is 10.1. The van der Waals surface area contributed by atoms with Crippen molar-refractivity contribution in [2.24, 2.45) is 0 Å². The Bertz CT molecular complexity index is 1260. The molecule has 0 unspecified atom stereocenters. The highest BCUT2D eigenvalue weighted by molar-refractivity contribution is 8.17. The molecule has 0 amide bonds. The van der Waals surface area contributed by atoms with Gasteiger partial charge < -0.3 is 20.6 Å². The number of nitrogens with zero attached hydrogens (tertiary/aromatic N) is 5. The zero-order chi connectivity index (χ0) is 26.1. The number of halogens is 1. The molecule has 2 aromatic heterocycles. The molecule has 3 N–H and O–H groups in total. The summed E-state index contributed by atoms with van der Waals surface area (Å²) >= 11 is 12.2. The maximum Gasteiger partial charge on any atom is 0.229 e. The summed E-state index contributed by atoms with van der Waals surface area (Å²) in [7, 11) is 0. The first kappa shape index (κ1) is 27.0. The number of nitrogens with one attached hydrogen (secondary N) is 2. The lowest BCUT2D eigenvalue weighted by Gasteiger charge is -2.35. The van der Waals surface area contributed by atoms with E-state index in [0.29, 0.717) is 29.4 Å². The van der Waals surface area contributed by atoms with E-state index in [1.54, 1.807) is 6.20 Å². The van der Waals surface area contributed by atoms with Crippen molar-refractivity contribution < 1.29 is 5.11 Å². The number of hydrogen-bond donors (Lipinski definition) is 3. The van der Waals surface area contributed by atoms with Gasteiger partial charge in [0.15, 0.2) is 5.82 Å². The number of anilines is 4. The molecule has 1 aliphatic heterocycles. The number of rotatable bonds is 8. The van der Waals surface area contributed by atoms with Crippen molar-refractivity contribution in [3.05, 3.63) is 47.4 Å². The first-order valence-corrected chi connectivity index (χ1v) is 16.2. The summed E-state index contributed by atoms with van der Waals surface area (Å²) in [6, 6.07) is 6.69. The minimum atomic E-state index is -1.66. The Morgan fingerprint density at radius 1 is 1.14 bits per heavy atom. The highest BCUT2D eigenvalue weighted by Crippen LogP contribution is 2.39. The second-order valence-corrected chi connectivity index (χ2v) is 16.7. The van der Waals surface area contributed by atoms with E-state index in [9.17, 15) is 5.11 Å². The quantitative estimate of drug-likeness (QED) is 0.343. The molecule has 0 spiro atoms. The van der Waals surface area contributed by atoms with Gasteiger partial charge in [0.1, 0.15) is 5.02 Å². The van der Waals surface area contributed by atoms with Crippen LogP contribution in [0, 0.1) is 6.92 Å². The molecule has 1 aromatic carbocycles. The third-order valence-corrected chi connectivity index (χ3v) is 8.70. The monoisotopic (exact) mass is 547 g/mol. The molecule has 0 bridgehead atoms. The number of benzene rings is 1. The fraction of sp³-hybridized carbons (Fsp3) is 0.480. The summed E-state index contributed by atoms with van der Waals surface area (Å²) in [6.07, 6.45) is 5.40. The fourth-order valence-electron chi connectivity index (χ4n) is 4.60. The van der Waals surface area contributed by atoms with E-state index in [4.69, 9.17) is 23.4 Å². The number of aromatic nitrogens is 4. The predicted molar refractivity (Wildman–Crippen MR) is 154 cm³/mol. The molecule has 0 aliphatic carbocycles. The van der Waals surface area contributed by atoms with Gasteiger partial charge in [0.05, 0.1) is 35.4 Å². The summed E-state index contributed by atoms with van der Waals surface area (Å²) < 4.78 is 2.09. The summed E-state index contributed by atoms with van der Waals surface area (Å²) in [6.45, 7) is 12.5. The van der Waals surface area contributed by atoms with Crippen molar-refractivity contribution in [3.8, 4) is 0 Å². The molecule has 1 saturated heterocycles. The van der Waals surface area contributed by atoms with Gasteiger partial charge in [0.25, 0.3) is 0 Å². The molecule has 1 aliphatic rings. The standard InChI is InChI=1S/C25H35ClN7OPS/c1-17-21(15-28-33(17)18-10-12-32(13-11-18)16-25(2,3)34)30-24-27-14-19(26)23(31-24)29-20-8-6-7-9-22(20)35(4,5)36/h6-9,14-15,18,34H,10-13,16H2,1-5H3,(H2,27,29,30,31). The van der Waals surface area contributed by atoms with Crippen molar-refractivity contribution in [2.75, 3.05) is 43.6 Å². The first-order valence-electron chi connectivity index (χ1n) is 12.1. The lowest BCUT2D eigenvalue weighted by molar-refractivity contribution is 0.0245. The average Bonchev–Trinajstić information content (AvgIpc) is 3.15. The smallest absolute Gasteiger partial charge is 0.229 e. The number of para-hydroxylation sites is 1. The van der Waals surface area contributed by atoms with Gasteiger partial charge in [0, 0.05) is 30.6 Å². The Morgan fingerprint density at radius 3 is 2.50 bits per heavy atom. The lowest BCUT2D eigenvalue weighted by atomic mass is 10.0. The highest BCUT2D eigenvalue weighted by Gasteiger charge is 2.26. The molecule has 3 aromatic rings. The number of piperidine rings is 1. The van der Waals surface area contributed by atoms with Gasteiger partial charge in [-0.25, -0.2) is 4.98 Å². The van der Waals surface area contributed by atoms with E-state index in [1.807, 2.05) is 38.2 Å². The summed E-state index contributed by atoms with van der Waals surface area (Å²) in [5.41, 5.74) is 2.13. The van der Waals surface area contributed by atoms with Crippen LogP contribution in [0.15, 0.2) is 36.7 Å². The normalized spacial score (nSPS) is 15.8. The Morgan fingerprint density at radius 2 is 1.83 bits per heavy atom. The molecule has 0 atom stereocenters. The van der Waals surface area contributed by atoms with Crippen LogP contribution in [0.4, 0.5) is 23.1 Å². The van der Waals surface area contributed by atoms with E-state index in [2.05, 4.69) is 61.6 Å². The average molecular weight is 548 g/mol. The van der Waals surface area contributed by atoms with E-state index in [1.165, 1.54) is 0 Å². The van der Waals surface area contributed by atoms with Crippen LogP contribution in [0.1, 0.15) is 38.4 Å². The molecule has 194 valence electrons. The topological polar surface area (TPSA) is 91.1 Å². The third kappa shape index (κ3) is 6.64. The van der Waals surface area contributed by atoms with Crippen molar-refractivity contribution in [1.82, 2.24) is 24.6 Å². The number of likely N-dealkylation sites (tertiary alicyclic amines) is 1. The van der Waals surface area contributed by atoms with Crippen molar-refractivity contribution in [2.45, 2.75) is 45.3 Å². The van der Waals surface area contributed by atoms with E-state index < -0.39 is 11.6 Å². The van der Waals surface area contributed by atoms with Gasteiger partial charge in [-0.3, -0.25) is 4.68 Å². The van der Waals surface area contributed by atoms with Crippen molar-refractivity contribution >= 4 is 57.9 Å². The fourth-order valence-corrected chi connectivity index (χ4v) is 6.37. The first-order chi connectivity index (χ1) is 16.9. The molecular formula is C25H35ClN7OPS. The van der Waals surface area contributed by atoms with Gasteiger partial charge >= 0.3 is 0 Å². The number of aliphatic hydroxyl groups is 1. The molecule has 4 rings (SSSR count). The van der Waals surface area contributed by atoms with Crippen molar-refractivity contribution in [3.63, 3.8) is 0 Å². The molecule has 11 heteroatoms. The number of β-amino-alcohol motifs (C(OH)–C–C–N with tert-alkyl or cyclic N) is 1. The minimum Gasteiger partial charge on any atom is -0.389 e. The Balaban J connectivity index is 1.47. The van der Waals surface area contributed by atoms with Gasteiger partial charge in [-0.1, -0.05) is 41.6 Å². The highest BCUT2D eigenvalue weighted by atomic mass is 35.5. The van der Waals surface area contributed by atoms with Crippen LogP contribution in [0.5, 0.6) is 0 Å². The molecule has 0 radical (unpaired) electrons. The zero-order valence-corrected chi connectivity index (χ0v) is 24.0. The van der Waals surface area contributed by atoms with E-state index in [-0.39, 0.29) is 0 Å². The summed E-state index contributed by atoms with van der Waals surface area (Å²) in [5, 5.41) is 23.0. The van der Waals surface area contributed by atoms with Crippen LogP contribution in [0.2, 0.25) is 5.02 Å². The van der Waals surface area contributed by atoms with Gasteiger partial charge in [-0.05, 0) is 59.0 Å². The summed E-state index contributed by atoms with van der Waals surface area (Å²) in [4.78, 5) is 11.3. The second-order valence-electron chi connectivity index (χ2n) is 10.4.